The van der Waals surface area contributed by atoms with Crippen molar-refractivity contribution in [2.45, 2.75) is 52.0 Å². The molecule has 6 heteroatoms. The van der Waals surface area contributed by atoms with Crippen LogP contribution >= 0.6 is 0 Å². The number of imidazole rings is 1. The molecule has 168 valence electrons. The summed E-state index contributed by atoms with van der Waals surface area (Å²) in [6, 6.07) is 12.4. The van der Waals surface area contributed by atoms with E-state index in [1.807, 2.05) is 40.8 Å². The van der Waals surface area contributed by atoms with Crippen LogP contribution in [0.4, 0.5) is 0 Å². The van der Waals surface area contributed by atoms with E-state index in [4.69, 9.17) is 9.72 Å². The third-order valence-corrected chi connectivity index (χ3v) is 6.14. The number of aromatic nitrogens is 3. The third-order valence-electron chi connectivity index (χ3n) is 6.14. The van der Waals surface area contributed by atoms with E-state index in [2.05, 4.69) is 37.0 Å². The number of carbonyl (C=O) groups is 1. The van der Waals surface area contributed by atoms with Crippen molar-refractivity contribution in [2.75, 3.05) is 20.2 Å². The summed E-state index contributed by atoms with van der Waals surface area (Å²) in [6.07, 6.45) is 5.71. The first kappa shape index (κ1) is 22.1. The van der Waals surface area contributed by atoms with E-state index in [0.29, 0.717) is 19.0 Å². The normalized spacial score (nSPS) is 16.4. The van der Waals surface area contributed by atoms with Gasteiger partial charge in [-0.1, -0.05) is 26.0 Å². The number of amides is 1. The molecule has 0 saturated carbocycles. The van der Waals surface area contributed by atoms with Crippen molar-refractivity contribution in [2.24, 2.45) is 0 Å². The molecule has 0 spiro atoms. The summed E-state index contributed by atoms with van der Waals surface area (Å²) in [7, 11) is 1.68. The van der Waals surface area contributed by atoms with Crippen molar-refractivity contribution in [3.05, 3.63) is 66.0 Å². The van der Waals surface area contributed by atoms with Crippen LogP contribution in [0.15, 0.2) is 48.8 Å². The van der Waals surface area contributed by atoms with Gasteiger partial charge in [-0.25, -0.2) is 4.98 Å². The minimum absolute atomic E-state index is 0.148. The Morgan fingerprint density at radius 1 is 1.22 bits per heavy atom. The Labute approximate surface area is 190 Å². The second-order valence-corrected chi connectivity index (χ2v) is 8.90. The number of nitrogens with zero attached hydrogens (tertiary/aromatic N) is 4. The lowest BCUT2D eigenvalue weighted by molar-refractivity contribution is -0.133. The van der Waals surface area contributed by atoms with Crippen LogP contribution in [0.1, 0.15) is 55.7 Å². The van der Waals surface area contributed by atoms with Gasteiger partial charge in [-0.3, -0.25) is 9.78 Å². The molecule has 3 heterocycles. The molecule has 1 aliphatic heterocycles. The van der Waals surface area contributed by atoms with Gasteiger partial charge in [0.2, 0.25) is 5.91 Å². The number of aryl methyl sites for hydroxylation is 1. The summed E-state index contributed by atoms with van der Waals surface area (Å²) in [5.74, 6) is 2.47. The lowest BCUT2D eigenvalue weighted by atomic mass is 9.92. The average Bonchev–Trinajstić information content (AvgIpc) is 3.27. The fraction of sp³-hybridized carbons (Fsp3) is 0.423. The molecule has 32 heavy (non-hydrogen) atoms. The molecule has 0 N–H and O–H groups in total. The first-order valence-corrected chi connectivity index (χ1v) is 11.4. The largest absolute Gasteiger partial charge is 0.497 e. The van der Waals surface area contributed by atoms with Crippen LogP contribution in [-0.2, 0) is 11.3 Å². The monoisotopic (exact) mass is 432 g/mol. The van der Waals surface area contributed by atoms with Crippen LogP contribution in [-0.4, -0.2) is 45.5 Å². The summed E-state index contributed by atoms with van der Waals surface area (Å²) in [5.41, 5.74) is 4.30. The van der Waals surface area contributed by atoms with E-state index in [9.17, 15) is 4.79 Å². The van der Waals surface area contributed by atoms with Gasteiger partial charge in [0.1, 0.15) is 18.1 Å². The van der Waals surface area contributed by atoms with Crippen molar-refractivity contribution in [3.8, 4) is 16.9 Å². The van der Waals surface area contributed by atoms with Gasteiger partial charge in [-0.15, -0.1) is 0 Å². The van der Waals surface area contributed by atoms with Gasteiger partial charge in [0.05, 0.1) is 7.11 Å². The maximum atomic E-state index is 13.1. The maximum absolute atomic E-state index is 13.1. The molecule has 2 aromatic heterocycles. The number of ether oxygens (including phenoxy) is 1. The summed E-state index contributed by atoms with van der Waals surface area (Å²) in [6.45, 7) is 8.09. The second-order valence-electron chi connectivity index (χ2n) is 8.90. The molecular weight excluding hydrogens is 400 g/mol. The third kappa shape index (κ3) is 4.85. The number of benzene rings is 1. The first-order valence-electron chi connectivity index (χ1n) is 11.4. The number of likely N-dealkylation sites (tertiary alicyclic amines) is 1. The number of methoxy groups -OCH3 is 1. The van der Waals surface area contributed by atoms with Crippen molar-refractivity contribution < 1.29 is 9.53 Å². The Morgan fingerprint density at radius 2 is 2.06 bits per heavy atom. The fourth-order valence-corrected chi connectivity index (χ4v) is 4.52. The zero-order valence-electron chi connectivity index (χ0n) is 19.4. The van der Waals surface area contributed by atoms with Crippen LogP contribution in [0.2, 0.25) is 0 Å². The molecule has 1 fully saturated rings. The predicted molar refractivity (Wildman–Crippen MR) is 126 cm³/mol. The highest BCUT2D eigenvalue weighted by Gasteiger charge is 2.26. The highest BCUT2D eigenvalue weighted by Crippen LogP contribution is 2.31. The molecule has 0 aliphatic carbocycles. The van der Waals surface area contributed by atoms with Crippen molar-refractivity contribution in [3.63, 3.8) is 0 Å². The zero-order valence-corrected chi connectivity index (χ0v) is 19.4. The van der Waals surface area contributed by atoms with Crippen LogP contribution in [0.25, 0.3) is 11.1 Å². The predicted octanol–water partition coefficient (Wildman–Crippen LogP) is 4.79. The van der Waals surface area contributed by atoms with Crippen molar-refractivity contribution in [1.82, 2.24) is 19.4 Å². The van der Waals surface area contributed by atoms with E-state index >= 15 is 0 Å². The Morgan fingerprint density at radius 3 is 2.84 bits per heavy atom. The molecule has 1 atom stereocenters. The SMILES string of the molecule is COc1cccc(-c2cc(C)nc([C@H]3CCCN(C(=O)Cn4ccnc4C(C)C)C3)c2)c1. The van der Waals surface area contributed by atoms with E-state index in [0.717, 1.165) is 53.5 Å². The van der Waals surface area contributed by atoms with Gasteiger partial charge in [-0.05, 0) is 55.2 Å². The molecule has 1 aliphatic rings. The lowest BCUT2D eigenvalue weighted by Gasteiger charge is -2.33. The summed E-state index contributed by atoms with van der Waals surface area (Å²) < 4.78 is 7.37. The molecule has 0 radical (unpaired) electrons. The molecule has 3 aromatic rings. The Bertz CT molecular complexity index is 1090. The number of pyridine rings is 1. The fourth-order valence-electron chi connectivity index (χ4n) is 4.52. The van der Waals surface area contributed by atoms with Gasteiger partial charge >= 0.3 is 0 Å². The Hall–Kier alpha value is -3.15. The van der Waals surface area contributed by atoms with Crippen LogP contribution in [0.5, 0.6) is 5.75 Å². The molecule has 0 unspecified atom stereocenters. The number of carbonyl (C=O) groups excluding carboxylic acids is 1. The Balaban J connectivity index is 1.52. The highest BCUT2D eigenvalue weighted by molar-refractivity contribution is 5.76. The van der Waals surface area contributed by atoms with Gasteiger partial charge < -0.3 is 14.2 Å². The molecule has 1 amide bonds. The number of piperidine rings is 1. The molecule has 1 aromatic carbocycles. The van der Waals surface area contributed by atoms with E-state index in [-0.39, 0.29) is 11.8 Å². The maximum Gasteiger partial charge on any atom is 0.242 e. The van der Waals surface area contributed by atoms with E-state index in [1.165, 1.54) is 0 Å². The number of hydrogen-bond donors (Lipinski definition) is 0. The summed E-state index contributed by atoms with van der Waals surface area (Å²) in [4.78, 5) is 24.3. The van der Waals surface area contributed by atoms with Crippen molar-refractivity contribution in [1.29, 1.82) is 0 Å². The number of rotatable bonds is 6. The van der Waals surface area contributed by atoms with Crippen LogP contribution in [0, 0.1) is 6.92 Å². The molecular formula is C26H32N4O2. The lowest BCUT2D eigenvalue weighted by Crippen LogP contribution is -2.41. The topological polar surface area (TPSA) is 60.2 Å². The number of hydrogen-bond acceptors (Lipinski definition) is 4. The summed E-state index contributed by atoms with van der Waals surface area (Å²) in [5, 5.41) is 0. The Kier molecular flexibility index (Phi) is 6.58. The second kappa shape index (κ2) is 9.55. The quantitative estimate of drug-likeness (QED) is 0.562. The van der Waals surface area contributed by atoms with Gasteiger partial charge in [0.25, 0.3) is 0 Å². The first-order chi connectivity index (χ1) is 15.4. The molecule has 0 bridgehead atoms. The zero-order chi connectivity index (χ0) is 22.7. The van der Waals surface area contributed by atoms with E-state index < -0.39 is 0 Å². The molecule has 1 saturated heterocycles. The average molecular weight is 433 g/mol. The molecule has 6 nitrogen and oxygen atoms in total. The minimum atomic E-state index is 0.148. The van der Waals surface area contributed by atoms with Crippen molar-refractivity contribution >= 4 is 5.91 Å². The van der Waals surface area contributed by atoms with Crippen LogP contribution < -0.4 is 4.74 Å². The van der Waals surface area contributed by atoms with E-state index in [1.54, 1.807) is 13.3 Å². The van der Waals surface area contributed by atoms with Gasteiger partial charge in [-0.2, -0.15) is 0 Å². The standard InChI is InChI=1S/C26H32N4O2/c1-18(2)26-27-10-12-30(26)17-25(31)29-11-6-8-21(16-29)24-15-22(13-19(3)28-24)20-7-5-9-23(14-20)32-4/h5,7,9-10,12-15,18,21H,6,8,11,16-17H2,1-4H3/t21-/m0/s1. The van der Waals surface area contributed by atoms with Gasteiger partial charge in [0, 0.05) is 48.7 Å². The summed E-state index contributed by atoms with van der Waals surface area (Å²) >= 11 is 0. The van der Waals surface area contributed by atoms with Crippen LogP contribution in [0.3, 0.4) is 0 Å². The van der Waals surface area contributed by atoms with Gasteiger partial charge in [0.15, 0.2) is 0 Å². The minimum Gasteiger partial charge on any atom is -0.497 e. The smallest absolute Gasteiger partial charge is 0.242 e. The molecule has 4 rings (SSSR count). The highest BCUT2D eigenvalue weighted by atomic mass is 16.5.